The van der Waals surface area contributed by atoms with Gasteiger partial charge in [0, 0.05) is 17.7 Å². The normalized spacial score (nSPS) is 10.1. The van der Waals surface area contributed by atoms with Crippen LogP contribution in [-0.4, -0.2) is 21.6 Å². The van der Waals surface area contributed by atoms with Crippen LogP contribution in [0.1, 0.15) is 40.2 Å². The molecule has 2 rings (SSSR count). The average Bonchev–Trinajstić information content (AvgIpc) is 2.90. The van der Waals surface area contributed by atoms with Crippen molar-refractivity contribution in [2.45, 2.75) is 39.7 Å². The van der Waals surface area contributed by atoms with E-state index >= 15 is 0 Å². The van der Waals surface area contributed by atoms with Gasteiger partial charge in [-0.1, -0.05) is 18.2 Å². The molecule has 0 atom stereocenters. The number of nitriles is 1. The van der Waals surface area contributed by atoms with Crippen molar-refractivity contribution in [1.29, 1.82) is 5.26 Å². The topological polar surface area (TPSA) is 99.8 Å². The van der Waals surface area contributed by atoms with Crippen molar-refractivity contribution >= 4 is 11.8 Å². The highest BCUT2D eigenvalue weighted by molar-refractivity contribution is 5.95. The lowest BCUT2D eigenvalue weighted by molar-refractivity contribution is -0.121. The first-order valence-corrected chi connectivity index (χ1v) is 8.07. The van der Waals surface area contributed by atoms with Crippen LogP contribution in [0.5, 0.6) is 0 Å². The van der Waals surface area contributed by atoms with Gasteiger partial charge >= 0.3 is 0 Å². The number of aromatic nitrogens is 2. The summed E-state index contributed by atoms with van der Waals surface area (Å²) in [4.78, 5) is 23.8. The van der Waals surface area contributed by atoms with Crippen molar-refractivity contribution in [3.05, 3.63) is 52.8 Å². The second kappa shape index (κ2) is 8.64. The molecule has 0 saturated carbocycles. The number of aryl methyl sites for hydroxylation is 2. The van der Waals surface area contributed by atoms with Gasteiger partial charge in [-0.15, -0.1) is 0 Å². The summed E-state index contributed by atoms with van der Waals surface area (Å²) < 4.78 is 1.79. The zero-order valence-electron chi connectivity index (χ0n) is 14.4. The molecule has 7 heteroatoms. The molecule has 0 aliphatic rings. The van der Waals surface area contributed by atoms with Crippen LogP contribution in [0.15, 0.2) is 30.3 Å². The molecule has 0 unspecified atom stereocenters. The van der Waals surface area contributed by atoms with Gasteiger partial charge in [0.1, 0.15) is 0 Å². The number of carbonyl (C=O) groups is 2. The largest absolute Gasteiger partial charge is 0.273 e. The van der Waals surface area contributed by atoms with Crippen molar-refractivity contribution in [3.63, 3.8) is 0 Å². The van der Waals surface area contributed by atoms with Crippen LogP contribution in [0.3, 0.4) is 0 Å². The molecule has 1 aromatic heterocycles. The smallest absolute Gasteiger partial charge is 0.269 e. The Morgan fingerprint density at radius 3 is 2.60 bits per heavy atom. The SMILES string of the molecule is Cc1nn(CCC#N)c(C)c1CCC(=O)NNC(=O)c1ccccc1. The number of benzene rings is 1. The lowest BCUT2D eigenvalue weighted by Gasteiger charge is -2.08. The van der Waals surface area contributed by atoms with Crippen molar-refractivity contribution in [1.82, 2.24) is 20.6 Å². The highest BCUT2D eigenvalue weighted by Gasteiger charge is 2.13. The van der Waals surface area contributed by atoms with Gasteiger partial charge in [-0.3, -0.25) is 25.1 Å². The van der Waals surface area contributed by atoms with Crippen LogP contribution in [0.2, 0.25) is 0 Å². The lowest BCUT2D eigenvalue weighted by Crippen LogP contribution is -2.41. The Hall–Kier alpha value is -3.14. The van der Waals surface area contributed by atoms with Gasteiger partial charge in [-0.05, 0) is 38.0 Å². The number of carbonyl (C=O) groups excluding carboxylic acids is 2. The number of hydrogen-bond acceptors (Lipinski definition) is 4. The Balaban J connectivity index is 1.85. The molecular weight excluding hydrogens is 318 g/mol. The Kier molecular flexibility index (Phi) is 6.29. The third-order valence-corrected chi connectivity index (χ3v) is 3.92. The molecule has 0 aliphatic heterocycles. The summed E-state index contributed by atoms with van der Waals surface area (Å²) >= 11 is 0. The molecule has 130 valence electrons. The van der Waals surface area contributed by atoms with Crippen LogP contribution < -0.4 is 10.9 Å². The van der Waals surface area contributed by atoms with Gasteiger partial charge in [-0.25, -0.2) is 0 Å². The minimum absolute atomic E-state index is 0.237. The molecule has 0 radical (unpaired) electrons. The summed E-state index contributed by atoms with van der Waals surface area (Å²) in [6, 6.07) is 10.8. The van der Waals surface area contributed by atoms with E-state index in [0.717, 1.165) is 17.0 Å². The fraction of sp³-hybridized carbons (Fsp3) is 0.333. The second-order valence-corrected chi connectivity index (χ2v) is 5.65. The summed E-state index contributed by atoms with van der Waals surface area (Å²) in [7, 11) is 0. The summed E-state index contributed by atoms with van der Waals surface area (Å²) in [5.74, 6) is -0.626. The van der Waals surface area contributed by atoms with Gasteiger partial charge < -0.3 is 0 Å². The third-order valence-electron chi connectivity index (χ3n) is 3.92. The monoisotopic (exact) mass is 339 g/mol. The van der Waals surface area contributed by atoms with Crippen molar-refractivity contribution in [2.75, 3.05) is 0 Å². The average molecular weight is 339 g/mol. The van der Waals surface area contributed by atoms with Gasteiger partial charge in [0.15, 0.2) is 0 Å². The maximum atomic E-state index is 12.0. The first kappa shape index (κ1) is 18.2. The maximum absolute atomic E-state index is 12.0. The standard InChI is InChI=1S/C18H21N5O2/c1-13-16(14(2)23(22-13)12-6-11-19)9-10-17(24)20-21-18(25)15-7-4-3-5-8-15/h3-5,7-8H,6,9-10,12H2,1-2H3,(H,20,24)(H,21,25). The number of hydrazine groups is 1. The summed E-state index contributed by atoms with van der Waals surface area (Å²) in [5.41, 5.74) is 8.13. The zero-order chi connectivity index (χ0) is 18.2. The molecule has 0 bridgehead atoms. The molecule has 2 amide bonds. The van der Waals surface area contributed by atoms with Crippen molar-refractivity contribution in [2.24, 2.45) is 0 Å². The van der Waals surface area contributed by atoms with E-state index in [1.54, 1.807) is 28.9 Å². The molecule has 1 aromatic carbocycles. The van der Waals surface area contributed by atoms with E-state index in [4.69, 9.17) is 5.26 Å². The van der Waals surface area contributed by atoms with E-state index in [1.807, 2.05) is 19.9 Å². The Morgan fingerprint density at radius 2 is 1.92 bits per heavy atom. The molecule has 0 spiro atoms. The first-order valence-electron chi connectivity index (χ1n) is 8.07. The van der Waals surface area contributed by atoms with E-state index in [2.05, 4.69) is 22.0 Å². The Labute approximate surface area is 146 Å². The van der Waals surface area contributed by atoms with Gasteiger partial charge in [0.25, 0.3) is 5.91 Å². The van der Waals surface area contributed by atoms with Gasteiger partial charge in [0.05, 0.1) is 24.7 Å². The molecule has 1 heterocycles. The fourth-order valence-corrected chi connectivity index (χ4v) is 2.56. The van der Waals surface area contributed by atoms with E-state index in [9.17, 15) is 9.59 Å². The molecule has 7 nitrogen and oxygen atoms in total. The van der Waals surface area contributed by atoms with Crippen LogP contribution in [0.4, 0.5) is 0 Å². The summed E-state index contributed by atoms with van der Waals surface area (Å²) in [6.45, 7) is 4.37. The minimum Gasteiger partial charge on any atom is -0.273 e. The molecule has 0 aliphatic carbocycles. The Morgan fingerprint density at radius 1 is 1.20 bits per heavy atom. The quantitative estimate of drug-likeness (QED) is 0.784. The zero-order valence-corrected chi connectivity index (χ0v) is 14.4. The first-order chi connectivity index (χ1) is 12.0. The molecule has 25 heavy (non-hydrogen) atoms. The molecule has 0 saturated heterocycles. The van der Waals surface area contributed by atoms with E-state index in [1.165, 1.54) is 0 Å². The van der Waals surface area contributed by atoms with E-state index in [0.29, 0.717) is 24.9 Å². The highest BCUT2D eigenvalue weighted by Crippen LogP contribution is 2.15. The van der Waals surface area contributed by atoms with Crippen molar-refractivity contribution < 1.29 is 9.59 Å². The number of amides is 2. The number of hydrogen-bond donors (Lipinski definition) is 2. The molecular formula is C18H21N5O2. The Bertz CT molecular complexity index is 790. The summed E-state index contributed by atoms with van der Waals surface area (Å²) in [6.07, 6.45) is 1.16. The highest BCUT2D eigenvalue weighted by atomic mass is 16.2. The number of nitrogens with zero attached hydrogens (tertiary/aromatic N) is 3. The maximum Gasteiger partial charge on any atom is 0.269 e. The number of nitrogens with one attached hydrogen (secondary N) is 2. The van der Waals surface area contributed by atoms with Crippen LogP contribution >= 0.6 is 0 Å². The second-order valence-electron chi connectivity index (χ2n) is 5.65. The van der Waals surface area contributed by atoms with Crippen LogP contribution in [-0.2, 0) is 17.8 Å². The molecule has 0 fully saturated rings. The van der Waals surface area contributed by atoms with E-state index in [-0.39, 0.29) is 18.2 Å². The molecule has 2 N–H and O–H groups in total. The predicted molar refractivity (Wildman–Crippen MR) is 92.3 cm³/mol. The van der Waals surface area contributed by atoms with Gasteiger partial charge in [0.2, 0.25) is 5.91 Å². The van der Waals surface area contributed by atoms with Crippen LogP contribution in [0, 0.1) is 25.2 Å². The minimum atomic E-state index is -0.356. The summed E-state index contributed by atoms with van der Waals surface area (Å²) in [5, 5.41) is 13.1. The third kappa shape index (κ3) is 4.91. The van der Waals surface area contributed by atoms with Crippen molar-refractivity contribution in [3.8, 4) is 6.07 Å². The molecule has 2 aromatic rings. The number of rotatable bonds is 6. The predicted octanol–water partition coefficient (Wildman–Crippen LogP) is 1.81. The van der Waals surface area contributed by atoms with Crippen LogP contribution in [0.25, 0.3) is 0 Å². The fourth-order valence-electron chi connectivity index (χ4n) is 2.56. The van der Waals surface area contributed by atoms with Gasteiger partial charge in [-0.2, -0.15) is 10.4 Å². The van der Waals surface area contributed by atoms with E-state index < -0.39 is 0 Å². The lowest BCUT2D eigenvalue weighted by atomic mass is 10.1.